The van der Waals surface area contributed by atoms with Crippen molar-refractivity contribution in [2.24, 2.45) is 5.14 Å². The fourth-order valence-corrected chi connectivity index (χ4v) is 1.71. The third-order valence-corrected chi connectivity index (χ3v) is 2.97. The van der Waals surface area contributed by atoms with Gasteiger partial charge in [0.2, 0.25) is 15.9 Å². The van der Waals surface area contributed by atoms with Gasteiger partial charge in [0.05, 0.1) is 4.90 Å². The first kappa shape index (κ1) is 13.4. The Morgan fingerprint density at radius 2 is 1.94 bits per heavy atom. The molecule has 0 aliphatic heterocycles. The summed E-state index contributed by atoms with van der Waals surface area (Å²) in [4.78, 5) is 11.2. The number of carbonyl (C=O) groups is 1. The van der Waals surface area contributed by atoms with Gasteiger partial charge in [-0.15, -0.1) is 0 Å². The van der Waals surface area contributed by atoms with Gasteiger partial charge in [0.15, 0.2) is 0 Å². The average Bonchev–Trinajstić information content (AvgIpc) is 2.26. The maximum absolute atomic E-state index is 11.1. The number of allylic oxidation sites excluding steroid dienone is 1. The second kappa shape index (κ2) is 5.60. The molecule has 3 N–H and O–H groups in total. The van der Waals surface area contributed by atoms with E-state index in [0.29, 0.717) is 6.54 Å². The molecule has 1 aromatic rings. The lowest BCUT2D eigenvalue weighted by molar-refractivity contribution is -0.116. The first-order chi connectivity index (χ1) is 7.93. The van der Waals surface area contributed by atoms with Crippen LogP contribution in [-0.4, -0.2) is 14.3 Å². The van der Waals surface area contributed by atoms with E-state index in [0.717, 1.165) is 5.56 Å². The van der Waals surface area contributed by atoms with Crippen molar-refractivity contribution >= 4 is 15.9 Å². The van der Waals surface area contributed by atoms with Crippen LogP contribution in [0.4, 0.5) is 0 Å². The number of hydrogen-bond acceptors (Lipinski definition) is 3. The molecule has 0 aliphatic rings. The van der Waals surface area contributed by atoms with Gasteiger partial charge in [-0.1, -0.05) is 18.2 Å². The van der Waals surface area contributed by atoms with Crippen LogP contribution >= 0.6 is 0 Å². The van der Waals surface area contributed by atoms with E-state index >= 15 is 0 Å². The molecule has 5 nitrogen and oxygen atoms in total. The molecule has 0 spiro atoms. The van der Waals surface area contributed by atoms with Gasteiger partial charge in [0, 0.05) is 6.54 Å². The number of sulfonamides is 1. The van der Waals surface area contributed by atoms with Crippen molar-refractivity contribution < 1.29 is 13.2 Å². The van der Waals surface area contributed by atoms with Gasteiger partial charge in [-0.2, -0.15) is 0 Å². The molecule has 0 saturated carbocycles. The number of hydrogen-bond donors (Lipinski definition) is 2. The normalized spacial score (nSPS) is 11.6. The highest BCUT2D eigenvalue weighted by Gasteiger charge is 2.06. The van der Waals surface area contributed by atoms with Crippen molar-refractivity contribution in [3.8, 4) is 0 Å². The van der Waals surface area contributed by atoms with Crippen LogP contribution in [0.1, 0.15) is 12.5 Å². The average molecular weight is 254 g/mol. The molecule has 1 aromatic carbocycles. The van der Waals surface area contributed by atoms with Gasteiger partial charge in [-0.3, -0.25) is 4.79 Å². The lowest BCUT2D eigenvalue weighted by atomic mass is 10.2. The van der Waals surface area contributed by atoms with Gasteiger partial charge in [0.1, 0.15) is 0 Å². The largest absolute Gasteiger partial charge is 0.348 e. The first-order valence-corrected chi connectivity index (χ1v) is 6.50. The maximum Gasteiger partial charge on any atom is 0.243 e. The first-order valence-electron chi connectivity index (χ1n) is 4.96. The number of nitrogens with two attached hydrogens (primary N) is 1. The second-order valence-electron chi connectivity index (χ2n) is 3.41. The van der Waals surface area contributed by atoms with Crippen LogP contribution in [0.15, 0.2) is 41.3 Å². The SMILES string of the molecule is CC=CC(=O)NCc1ccc(S(N)(=O)=O)cc1. The van der Waals surface area contributed by atoms with Crippen molar-refractivity contribution in [1.29, 1.82) is 0 Å². The van der Waals surface area contributed by atoms with Crippen molar-refractivity contribution in [3.05, 3.63) is 42.0 Å². The predicted molar refractivity (Wildman–Crippen MR) is 64.5 cm³/mol. The number of rotatable bonds is 4. The van der Waals surface area contributed by atoms with Crippen LogP contribution < -0.4 is 10.5 Å². The molecule has 0 heterocycles. The lowest BCUT2D eigenvalue weighted by Gasteiger charge is -2.03. The van der Waals surface area contributed by atoms with Gasteiger partial charge >= 0.3 is 0 Å². The summed E-state index contributed by atoms with van der Waals surface area (Å²) in [6, 6.07) is 6.03. The van der Waals surface area contributed by atoms with Crippen LogP contribution in [0.25, 0.3) is 0 Å². The molecule has 0 unspecified atom stereocenters. The predicted octanol–water partition coefficient (Wildman–Crippen LogP) is 0.526. The van der Waals surface area contributed by atoms with E-state index in [1.807, 2.05) is 0 Å². The van der Waals surface area contributed by atoms with E-state index < -0.39 is 10.0 Å². The molecule has 1 amide bonds. The molecule has 0 atom stereocenters. The number of amides is 1. The minimum atomic E-state index is -3.66. The fraction of sp³-hybridized carbons (Fsp3) is 0.182. The van der Waals surface area contributed by atoms with E-state index in [-0.39, 0.29) is 10.8 Å². The lowest BCUT2D eigenvalue weighted by Crippen LogP contribution is -2.20. The zero-order valence-electron chi connectivity index (χ0n) is 9.38. The van der Waals surface area contributed by atoms with Gasteiger partial charge in [-0.25, -0.2) is 13.6 Å². The van der Waals surface area contributed by atoms with Gasteiger partial charge in [-0.05, 0) is 30.7 Å². The van der Waals surface area contributed by atoms with Crippen LogP contribution in [-0.2, 0) is 21.4 Å². The highest BCUT2D eigenvalue weighted by Crippen LogP contribution is 2.08. The number of nitrogens with one attached hydrogen (secondary N) is 1. The smallest absolute Gasteiger partial charge is 0.243 e. The standard InChI is InChI=1S/C11H14N2O3S/c1-2-3-11(14)13-8-9-4-6-10(7-5-9)17(12,15)16/h2-7H,8H2,1H3,(H,13,14)(H2,12,15,16). The summed E-state index contributed by atoms with van der Waals surface area (Å²) in [5.74, 6) is -0.192. The van der Waals surface area contributed by atoms with E-state index in [9.17, 15) is 13.2 Å². The highest BCUT2D eigenvalue weighted by molar-refractivity contribution is 7.89. The Labute approximate surface area is 100 Å². The summed E-state index contributed by atoms with van der Waals surface area (Å²) < 4.78 is 22.0. The Balaban J connectivity index is 2.67. The molecular formula is C11H14N2O3S. The Morgan fingerprint density at radius 3 is 2.41 bits per heavy atom. The molecular weight excluding hydrogens is 240 g/mol. The summed E-state index contributed by atoms with van der Waals surface area (Å²) in [6.07, 6.45) is 3.05. The summed E-state index contributed by atoms with van der Waals surface area (Å²) >= 11 is 0. The van der Waals surface area contributed by atoms with Crippen LogP contribution in [0.3, 0.4) is 0 Å². The molecule has 92 valence electrons. The molecule has 0 aliphatic carbocycles. The van der Waals surface area contributed by atoms with Gasteiger partial charge in [0.25, 0.3) is 0 Å². The summed E-state index contributed by atoms with van der Waals surface area (Å²) in [6.45, 7) is 2.09. The monoisotopic (exact) mass is 254 g/mol. The number of primary sulfonamides is 1. The summed E-state index contributed by atoms with van der Waals surface area (Å²) in [5, 5.41) is 7.61. The zero-order chi connectivity index (χ0) is 12.9. The quantitative estimate of drug-likeness (QED) is 0.768. The minimum absolute atomic E-state index is 0.0565. The third kappa shape index (κ3) is 4.38. The molecule has 0 saturated heterocycles. The Hall–Kier alpha value is -1.66. The summed E-state index contributed by atoms with van der Waals surface area (Å²) in [7, 11) is -3.66. The van der Waals surface area contributed by atoms with Crippen LogP contribution in [0.5, 0.6) is 0 Å². The van der Waals surface area contributed by atoms with Crippen LogP contribution in [0, 0.1) is 0 Å². The van der Waals surface area contributed by atoms with E-state index in [1.54, 1.807) is 25.1 Å². The molecule has 0 fully saturated rings. The second-order valence-corrected chi connectivity index (χ2v) is 4.97. The fourth-order valence-electron chi connectivity index (χ4n) is 1.20. The molecule has 1 rings (SSSR count). The number of carbonyl (C=O) groups excluding carboxylic acids is 1. The molecule has 0 bridgehead atoms. The zero-order valence-corrected chi connectivity index (χ0v) is 10.2. The third-order valence-electron chi connectivity index (χ3n) is 2.04. The molecule has 0 aromatic heterocycles. The Kier molecular flexibility index (Phi) is 4.42. The van der Waals surface area contributed by atoms with Crippen molar-refractivity contribution in [3.63, 3.8) is 0 Å². The topological polar surface area (TPSA) is 89.3 Å². The molecule has 6 heteroatoms. The van der Waals surface area contributed by atoms with Crippen molar-refractivity contribution in [1.82, 2.24) is 5.32 Å². The maximum atomic E-state index is 11.1. The van der Waals surface area contributed by atoms with Crippen LogP contribution in [0.2, 0.25) is 0 Å². The molecule has 0 radical (unpaired) electrons. The van der Waals surface area contributed by atoms with Gasteiger partial charge < -0.3 is 5.32 Å². The molecule has 17 heavy (non-hydrogen) atoms. The Morgan fingerprint density at radius 1 is 1.35 bits per heavy atom. The minimum Gasteiger partial charge on any atom is -0.348 e. The van der Waals surface area contributed by atoms with Crippen molar-refractivity contribution in [2.75, 3.05) is 0 Å². The van der Waals surface area contributed by atoms with Crippen molar-refractivity contribution in [2.45, 2.75) is 18.4 Å². The van der Waals surface area contributed by atoms with E-state index in [1.165, 1.54) is 18.2 Å². The Bertz CT molecular complexity index is 518. The number of benzene rings is 1. The summed E-state index contributed by atoms with van der Waals surface area (Å²) in [5.41, 5.74) is 0.801. The van der Waals surface area contributed by atoms with E-state index in [4.69, 9.17) is 5.14 Å². The van der Waals surface area contributed by atoms with E-state index in [2.05, 4.69) is 5.32 Å². The highest BCUT2D eigenvalue weighted by atomic mass is 32.2.